The molecule has 1 atom stereocenters. The Bertz CT molecular complexity index is 185. The molecule has 0 aromatic rings. The van der Waals surface area contributed by atoms with Gasteiger partial charge in [0.2, 0.25) is 0 Å². The molecule has 1 fully saturated rings. The molecule has 0 radical (unpaired) electrons. The largest absolute Gasteiger partial charge is 0.395 e. The first kappa shape index (κ1) is 12.9. The molecule has 0 aromatic carbocycles. The van der Waals surface area contributed by atoms with Gasteiger partial charge in [-0.1, -0.05) is 6.92 Å². The standard InChI is InChI=1S/C11H24N2O2/c1-4-12-10(8-14)7-13-5-6-15-9-11(13,2)3/h10,12,14H,4-9H2,1-3H3. The van der Waals surface area contributed by atoms with Gasteiger partial charge in [-0.3, -0.25) is 4.90 Å². The second-order valence-corrected chi connectivity index (χ2v) is 4.75. The van der Waals surface area contributed by atoms with E-state index in [1.165, 1.54) is 0 Å². The molecule has 1 heterocycles. The van der Waals surface area contributed by atoms with Crippen LogP contribution in [0.2, 0.25) is 0 Å². The van der Waals surface area contributed by atoms with Crippen molar-refractivity contribution in [1.82, 2.24) is 10.2 Å². The van der Waals surface area contributed by atoms with E-state index in [1.807, 2.05) is 0 Å². The van der Waals surface area contributed by atoms with Gasteiger partial charge in [-0.25, -0.2) is 0 Å². The second-order valence-electron chi connectivity index (χ2n) is 4.75. The minimum absolute atomic E-state index is 0.0844. The number of likely N-dealkylation sites (N-methyl/N-ethyl adjacent to an activating group) is 1. The summed E-state index contributed by atoms with van der Waals surface area (Å²) in [5.74, 6) is 0. The normalized spacial score (nSPS) is 24.0. The van der Waals surface area contributed by atoms with E-state index in [0.29, 0.717) is 0 Å². The van der Waals surface area contributed by atoms with E-state index in [4.69, 9.17) is 4.74 Å². The van der Waals surface area contributed by atoms with Crippen molar-refractivity contribution in [2.24, 2.45) is 0 Å². The lowest BCUT2D eigenvalue weighted by Gasteiger charge is -2.43. The maximum atomic E-state index is 9.24. The monoisotopic (exact) mass is 216 g/mol. The van der Waals surface area contributed by atoms with Gasteiger partial charge in [0, 0.05) is 24.7 Å². The number of ether oxygens (including phenoxy) is 1. The van der Waals surface area contributed by atoms with Crippen LogP contribution in [0, 0.1) is 0 Å². The maximum absolute atomic E-state index is 9.24. The predicted molar refractivity (Wildman–Crippen MR) is 61.0 cm³/mol. The van der Waals surface area contributed by atoms with Crippen molar-refractivity contribution in [3.8, 4) is 0 Å². The fourth-order valence-electron chi connectivity index (χ4n) is 1.97. The SMILES string of the molecule is CCNC(CO)CN1CCOCC1(C)C. The molecule has 0 bridgehead atoms. The summed E-state index contributed by atoms with van der Waals surface area (Å²) in [6.07, 6.45) is 0. The molecule has 2 N–H and O–H groups in total. The average molecular weight is 216 g/mol. The van der Waals surface area contributed by atoms with E-state index in [-0.39, 0.29) is 18.2 Å². The number of aliphatic hydroxyl groups is 1. The lowest BCUT2D eigenvalue weighted by Crippen LogP contribution is -2.57. The minimum Gasteiger partial charge on any atom is -0.395 e. The predicted octanol–water partition coefficient (Wildman–Crippen LogP) is 0.0676. The first-order valence-corrected chi connectivity index (χ1v) is 5.77. The Morgan fingerprint density at radius 1 is 1.53 bits per heavy atom. The molecule has 1 aliphatic rings. The summed E-state index contributed by atoms with van der Waals surface area (Å²) in [4.78, 5) is 2.39. The van der Waals surface area contributed by atoms with Crippen LogP contribution >= 0.6 is 0 Å². The first-order valence-electron chi connectivity index (χ1n) is 5.77. The molecule has 1 saturated heterocycles. The van der Waals surface area contributed by atoms with E-state index in [0.717, 1.165) is 32.8 Å². The Morgan fingerprint density at radius 3 is 2.80 bits per heavy atom. The summed E-state index contributed by atoms with van der Waals surface area (Å²) in [6, 6.07) is 0.173. The number of morpholine rings is 1. The van der Waals surface area contributed by atoms with Gasteiger partial charge in [-0.2, -0.15) is 0 Å². The molecule has 90 valence electrons. The van der Waals surface area contributed by atoms with Crippen molar-refractivity contribution in [1.29, 1.82) is 0 Å². The van der Waals surface area contributed by atoms with E-state index >= 15 is 0 Å². The summed E-state index contributed by atoms with van der Waals surface area (Å²) < 4.78 is 5.47. The molecule has 0 spiro atoms. The van der Waals surface area contributed by atoms with Gasteiger partial charge < -0.3 is 15.2 Å². The van der Waals surface area contributed by atoms with Crippen LogP contribution in [0.4, 0.5) is 0 Å². The number of nitrogens with one attached hydrogen (secondary N) is 1. The van der Waals surface area contributed by atoms with Gasteiger partial charge in [-0.15, -0.1) is 0 Å². The van der Waals surface area contributed by atoms with Gasteiger partial charge in [-0.05, 0) is 20.4 Å². The van der Waals surface area contributed by atoms with Crippen LogP contribution < -0.4 is 5.32 Å². The van der Waals surface area contributed by atoms with Gasteiger partial charge >= 0.3 is 0 Å². The van der Waals surface area contributed by atoms with Crippen LogP contribution in [0.1, 0.15) is 20.8 Å². The van der Waals surface area contributed by atoms with Crippen LogP contribution in [0.15, 0.2) is 0 Å². The Hall–Kier alpha value is -0.160. The smallest absolute Gasteiger partial charge is 0.0645 e. The van der Waals surface area contributed by atoms with Crippen LogP contribution in [-0.4, -0.2) is 61.0 Å². The van der Waals surface area contributed by atoms with Crippen molar-refractivity contribution in [2.75, 3.05) is 39.5 Å². The van der Waals surface area contributed by atoms with E-state index < -0.39 is 0 Å². The molecular formula is C11H24N2O2. The number of rotatable bonds is 5. The summed E-state index contributed by atoms with van der Waals surface area (Å²) in [5, 5.41) is 12.5. The Balaban J connectivity index is 2.46. The summed E-state index contributed by atoms with van der Waals surface area (Å²) in [7, 11) is 0. The molecule has 4 heteroatoms. The van der Waals surface area contributed by atoms with Crippen molar-refractivity contribution >= 4 is 0 Å². The highest BCUT2D eigenvalue weighted by atomic mass is 16.5. The van der Waals surface area contributed by atoms with Crippen molar-refractivity contribution < 1.29 is 9.84 Å². The molecule has 0 saturated carbocycles. The highest BCUT2D eigenvalue weighted by Crippen LogP contribution is 2.18. The Morgan fingerprint density at radius 2 is 2.27 bits per heavy atom. The molecular weight excluding hydrogens is 192 g/mol. The first-order chi connectivity index (χ1) is 7.10. The van der Waals surface area contributed by atoms with E-state index in [1.54, 1.807) is 0 Å². The van der Waals surface area contributed by atoms with Crippen molar-refractivity contribution in [3.63, 3.8) is 0 Å². The minimum atomic E-state index is 0.0844. The molecule has 1 unspecified atom stereocenters. The van der Waals surface area contributed by atoms with Gasteiger partial charge in [0.05, 0.1) is 19.8 Å². The summed E-state index contributed by atoms with van der Waals surface area (Å²) in [5.41, 5.74) is 0.0844. The zero-order valence-corrected chi connectivity index (χ0v) is 10.1. The number of hydrogen-bond donors (Lipinski definition) is 2. The zero-order valence-electron chi connectivity index (χ0n) is 10.1. The van der Waals surface area contributed by atoms with Crippen molar-refractivity contribution in [3.05, 3.63) is 0 Å². The molecule has 1 aliphatic heterocycles. The molecule has 15 heavy (non-hydrogen) atoms. The molecule has 4 nitrogen and oxygen atoms in total. The fourth-order valence-corrected chi connectivity index (χ4v) is 1.97. The van der Waals surface area contributed by atoms with Crippen LogP contribution in [0.25, 0.3) is 0 Å². The molecule has 0 aromatic heterocycles. The van der Waals surface area contributed by atoms with E-state index in [9.17, 15) is 5.11 Å². The topological polar surface area (TPSA) is 44.7 Å². The highest BCUT2D eigenvalue weighted by Gasteiger charge is 2.31. The summed E-state index contributed by atoms with van der Waals surface area (Å²) >= 11 is 0. The molecule has 0 amide bonds. The van der Waals surface area contributed by atoms with Crippen molar-refractivity contribution in [2.45, 2.75) is 32.4 Å². The maximum Gasteiger partial charge on any atom is 0.0645 e. The highest BCUT2D eigenvalue weighted by molar-refractivity contribution is 4.87. The third-order valence-corrected chi connectivity index (χ3v) is 2.97. The Kier molecular flexibility index (Phi) is 4.99. The third-order valence-electron chi connectivity index (χ3n) is 2.97. The average Bonchev–Trinajstić information content (AvgIpc) is 2.20. The summed E-state index contributed by atoms with van der Waals surface area (Å²) in [6.45, 7) is 10.9. The molecule has 1 rings (SSSR count). The van der Waals surface area contributed by atoms with Crippen LogP contribution in [-0.2, 0) is 4.74 Å². The Labute approximate surface area is 92.6 Å². The fraction of sp³-hybridized carbons (Fsp3) is 1.00. The zero-order chi connectivity index (χ0) is 11.3. The van der Waals surface area contributed by atoms with E-state index in [2.05, 4.69) is 31.0 Å². The molecule has 0 aliphatic carbocycles. The van der Waals surface area contributed by atoms with Gasteiger partial charge in [0.1, 0.15) is 0 Å². The lowest BCUT2D eigenvalue weighted by atomic mass is 10.0. The number of nitrogens with zero attached hydrogens (tertiary/aromatic N) is 1. The van der Waals surface area contributed by atoms with Gasteiger partial charge in [0.25, 0.3) is 0 Å². The third kappa shape index (κ3) is 3.72. The number of hydrogen-bond acceptors (Lipinski definition) is 4. The van der Waals surface area contributed by atoms with Gasteiger partial charge in [0.15, 0.2) is 0 Å². The van der Waals surface area contributed by atoms with Crippen LogP contribution in [0.3, 0.4) is 0 Å². The quantitative estimate of drug-likeness (QED) is 0.682. The van der Waals surface area contributed by atoms with Crippen LogP contribution in [0.5, 0.6) is 0 Å². The lowest BCUT2D eigenvalue weighted by molar-refractivity contribution is -0.0563. The second kappa shape index (κ2) is 5.80. The number of aliphatic hydroxyl groups excluding tert-OH is 1.